The number of benzene rings is 1. The van der Waals surface area contributed by atoms with Gasteiger partial charge in [0, 0.05) is 29.2 Å². The second-order valence-corrected chi connectivity index (χ2v) is 4.53. The molecule has 4 heteroatoms. The van der Waals surface area contributed by atoms with Crippen LogP contribution in [0, 0.1) is 13.8 Å². The van der Waals surface area contributed by atoms with Crippen LogP contribution < -0.4 is 5.32 Å². The van der Waals surface area contributed by atoms with Crippen molar-refractivity contribution >= 4 is 11.6 Å². The van der Waals surface area contributed by atoms with Gasteiger partial charge in [0.25, 0.3) is 0 Å². The molecule has 1 unspecified atom stereocenters. The molecule has 1 aromatic rings. The molecule has 0 amide bonds. The molecule has 2 rings (SSSR count). The Morgan fingerprint density at radius 1 is 1.50 bits per heavy atom. The third-order valence-electron chi connectivity index (χ3n) is 2.99. The molecule has 2 N–H and O–H groups in total. The minimum absolute atomic E-state index is 0.0790. The minimum Gasteiger partial charge on any atom is -0.507 e. The summed E-state index contributed by atoms with van der Waals surface area (Å²) in [5, 5.41) is 14.0. The van der Waals surface area contributed by atoms with E-state index in [-0.39, 0.29) is 11.9 Å². The smallest absolute Gasteiger partial charge is 0.126 e. The summed E-state index contributed by atoms with van der Waals surface area (Å²) in [6, 6.07) is 1.88. The normalized spacial score (nSPS) is 21.1. The molecular formula is C12H16ClNO2. The fourth-order valence-electron chi connectivity index (χ4n) is 2.04. The zero-order valence-electron chi connectivity index (χ0n) is 9.51. The quantitative estimate of drug-likeness (QED) is 0.793. The van der Waals surface area contributed by atoms with Crippen LogP contribution in [-0.2, 0) is 4.74 Å². The number of ether oxygens (including phenoxy) is 1. The third kappa shape index (κ3) is 2.03. The van der Waals surface area contributed by atoms with Crippen LogP contribution in [0.3, 0.4) is 0 Å². The van der Waals surface area contributed by atoms with Gasteiger partial charge in [-0.15, -0.1) is 0 Å². The van der Waals surface area contributed by atoms with Crippen LogP contribution in [-0.4, -0.2) is 24.8 Å². The van der Waals surface area contributed by atoms with Crippen molar-refractivity contribution in [1.82, 2.24) is 5.32 Å². The molecular weight excluding hydrogens is 226 g/mol. The molecule has 0 bridgehead atoms. The Morgan fingerprint density at radius 2 is 2.25 bits per heavy atom. The van der Waals surface area contributed by atoms with Crippen molar-refractivity contribution < 1.29 is 9.84 Å². The first-order chi connectivity index (χ1) is 7.61. The zero-order chi connectivity index (χ0) is 11.7. The lowest BCUT2D eigenvalue weighted by molar-refractivity contribution is 0.0259. The van der Waals surface area contributed by atoms with Crippen LogP contribution in [0.4, 0.5) is 0 Å². The first-order valence-electron chi connectivity index (χ1n) is 5.42. The van der Waals surface area contributed by atoms with Crippen molar-refractivity contribution in [3.05, 3.63) is 27.8 Å². The van der Waals surface area contributed by atoms with E-state index in [4.69, 9.17) is 16.3 Å². The van der Waals surface area contributed by atoms with Gasteiger partial charge in [-0.05, 0) is 25.5 Å². The Kier molecular flexibility index (Phi) is 3.38. The van der Waals surface area contributed by atoms with E-state index in [9.17, 15) is 5.11 Å². The molecule has 1 aromatic carbocycles. The summed E-state index contributed by atoms with van der Waals surface area (Å²) in [5.74, 6) is 0.263. The molecule has 0 saturated carbocycles. The van der Waals surface area contributed by atoms with Crippen molar-refractivity contribution in [3.63, 3.8) is 0 Å². The summed E-state index contributed by atoms with van der Waals surface area (Å²) in [5.41, 5.74) is 2.55. The summed E-state index contributed by atoms with van der Waals surface area (Å²) < 4.78 is 5.65. The van der Waals surface area contributed by atoms with E-state index in [2.05, 4.69) is 5.32 Å². The maximum atomic E-state index is 10.1. The molecule has 0 aromatic heterocycles. The highest BCUT2D eigenvalue weighted by Crippen LogP contribution is 2.37. The topological polar surface area (TPSA) is 41.5 Å². The molecule has 1 saturated heterocycles. The van der Waals surface area contributed by atoms with Crippen molar-refractivity contribution in [2.75, 3.05) is 19.7 Å². The molecule has 1 aliphatic heterocycles. The number of aryl methyl sites for hydroxylation is 1. The van der Waals surface area contributed by atoms with E-state index in [0.717, 1.165) is 29.8 Å². The van der Waals surface area contributed by atoms with Crippen LogP contribution in [0.15, 0.2) is 6.07 Å². The number of hydrogen-bond donors (Lipinski definition) is 2. The molecule has 88 valence electrons. The van der Waals surface area contributed by atoms with Gasteiger partial charge < -0.3 is 15.2 Å². The number of morpholine rings is 1. The van der Waals surface area contributed by atoms with Crippen LogP contribution >= 0.6 is 11.6 Å². The zero-order valence-corrected chi connectivity index (χ0v) is 10.3. The molecule has 16 heavy (non-hydrogen) atoms. The van der Waals surface area contributed by atoms with Gasteiger partial charge in [-0.2, -0.15) is 0 Å². The molecule has 1 fully saturated rings. The monoisotopic (exact) mass is 241 g/mol. The standard InChI is InChI=1S/C12H16ClNO2/c1-7-5-9(13)8(2)12(15)11(7)10-6-14-3-4-16-10/h5,10,14-15H,3-4,6H2,1-2H3. The van der Waals surface area contributed by atoms with E-state index < -0.39 is 0 Å². The summed E-state index contributed by atoms with van der Waals surface area (Å²) in [6.07, 6.45) is -0.0790. The molecule has 0 aliphatic carbocycles. The largest absolute Gasteiger partial charge is 0.507 e. The summed E-state index contributed by atoms with van der Waals surface area (Å²) in [7, 11) is 0. The van der Waals surface area contributed by atoms with E-state index in [1.165, 1.54) is 0 Å². The minimum atomic E-state index is -0.0790. The number of hydrogen-bond acceptors (Lipinski definition) is 3. The lowest BCUT2D eigenvalue weighted by Crippen LogP contribution is -2.33. The maximum Gasteiger partial charge on any atom is 0.126 e. The Bertz CT molecular complexity index is 400. The molecule has 0 radical (unpaired) electrons. The van der Waals surface area contributed by atoms with E-state index >= 15 is 0 Å². The summed E-state index contributed by atoms with van der Waals surface area (Å²) >= 11 is 6.01. The number of nitrogens with one attached hydrogen (secondary N) is 1. The van der Waals surface area contributed by atoms with E-state index in [1.807, 2.05) is 19.9 Å². The second-order valence-electron chi connectivity index (χ2n) is 4.13. The highest BCUT2D eigenvalue weighted by molar-refractivity contribution is 6.31. The van der Waals surface area contributed by atoms with Gasteiger partial charge in [0.1, 0.15) is 5.75 Å². The fourth-order valence-corrected chi connectivity index (χ4v) is 2.29. The Labute approximate surface area is 100 Å². The van der Waals surface area contributed by atoms with Crippen molar-refractivity contribution in [2.45, 2.75) is 20.0 Å². The predicted octanol–water partition coefficient (Wildman–Crippen LogP) is 2.32. The fraction of sp³-hybridized carbons (Fsp3) is 0.500. The Morgan fingerprint density at radius 3 is 2.88 bits per heavy atom. The average molecular weight is 242 g/mol. The third-order valence-corrected chi connectivity index (χ3v) is 3.38. The van der Waals surface area contributed by atoms with Gasteiger partial charge in [0.2, 0.25) is 0 Å². The molecule has 0 spiro atoms. The number of phenols is 1. The van der Waals surface area contributed by atoms with Crippen molar-refractivity contribution in [3.8, 4) is 5.75 Å². The van der Waals surface area contributed by atoms with Gasteiger partial charge in [0.05, 0.1) is 12.7 Å². The lowest BCUT2D eigenvalue weighted by atomic mass is 9.98. The number of halogens is 1. The van der Waals surface area contributed by atoms with Crippen LogP contribution in [0.25, 0.3) is 0 Å². The Hall–Kier alpha value is -0.770. The van der Waals surface area contributed by atoms with Crippen molar-refractivity contribution in [2.24, 2.45) is 0 Å². The van der Waals surface area contributed by atoms with Gasteiger partial charge in [-0.25, -0.2) is 0 Å². The van der Waals surface area contributed by atoms with Gasteiger partial charge in [-0.3, -0.25) is 0 Å². The van der Waals surface area contributed by atoms with Gasteiger partial charge in [0.15, 0.2) is 0 Å². The summed E-state index contributed by atoms with van der Waals surface area (Å²) in [6.45, 7) is 6.03. The average Bonchev–Trinajstić information content (AvgIpc) is 2.28. The lowest BCUT2D eigenvalue weighted by Gasteiger charge is -2.26. The van der Waals surface area contributed by atoms with Crippen LogP contribution in [0.5, 0.6) is 5.75 Å². The Balaban J connectivity index is 2.42. The first-order valence-corrected chi connectivity index (χ1v) is 5.80. The predicted molar refractivity (Wildman–Crippen MR) is 64.2 cm³/mol. The van der Waals surface area contributed by atoms with Crippen LogP contribution in [0.1, 0.15) is 22.8 Å². The highest BCUT2D eigenvalue weighted by atomic mass is 35.5. The summed E-state index contributed by atoms with van der Waals surface area (Å²) in [4.78, 5) is 0. The van der Waals surface area contributed by atoms with Crippen molar-refractivity contribution in [1.29, 1.82) is 0 Å². The number of aromatic hydroxyl groups is 1. The van der Waals surface area contributed by atoms with Crippen LogP contribution in [0.2, 0.25) is 5.02 Å². The van der Waals surface area contributed by atoms with Gasteiger partial charge >= 0.3 is 0 Å². The number of rotatable bonds is 1. The van der Waals surface area contributed by atoms with Gasteiger partial charge in [-0.1, -0.05) is 11.6 Å². The molecule has 3 nitrogen and oxygen atoms in total. The van der Waals surface area contributed by atoms with E-state index in [0.29, 0.717) is 11.6 Å². The molecule has 1 heterocycles. The maximum absolute atomic E-state index is 10.1. The SMILES string of the molecule is Cc1cc(Cl)c(C)c(O)c1C1CNCCO1. The second kappa shape index (κ2) is 4.62. The first kappa shape index (κ1) is 11.7. The highest BCUT2D eigenvalue weighted by Gasteiger charge is 2.23. The number of phenolic OH excluding ortho intramolecular Hbond substituents is 1. The van der Waals surface area contributed by atoms with E-state index in [1.54, 1.807) is 0 Å². The molecule has 1 atom stereocenters. The molecule has 1 aliphatic rings.